The van der Waals surface area contributed by atoms with Gasteiger partial charge in [-0.2, -0.15) is 0 Å². The van der Waals surface area contributed by atoms with Gasteiger partial charge in [0, 0.05) is 12.6 Å². The van der Waals surface area contributed by atoms with E-state index >= 15 is 0 Å². The average Bonchev–Trinajstić information content (AvgIpc) is 3.05. The van der Waals surface area contributed by atoms with Gasteiger partial charge in [-0.05, 0) is 36.9 Å². The molecular weight excluding hydrogens is 310 g/mol. The minimum atomic E-state index is -0.0448. The van der Waals surface area contributed by atoms with E-state index in [0.717, 1.165) is 31.4 Å². The fraction of sp³-hybridized carbons (Fsp3) is 0.500. The molecule has 1 aliphatic rings. The molecule has 0 spiro atoms. The van der Waals surface area contributed by atoms with E-state index in [2.05, 4.69) is 20.5 Å². The highest BCUT2D eigenvalue weighted by atomic mass is 32.1. The van der Waals surface area contributed by atoms with Crippen molar-refractivity contribution in [1.29, 1.82) is 0 Å². The van der Waals surface area contributed by atoms with Crippen LogP contribution in [0, 0.1) is 5.41 Å². The van der Waals surface area contributed by atoms with Gasteiger partial charge in [0.05, 0.1) is 0 Å². The van der Waals surface area contributed by atoms with Crippen LogP contribution in [0.3, 0.4) is 0 Å². The van der Waals surface area contributed by atoms with Crippen LogP contribution in [-0.4, -0.2) is 27.6 Å². The molecule has 23 heavy (non-hydrogen) atoms. The number of hydrogen-bond acceptors (Lipinski definition) is 6. The Kier molecular flexibility index (Phi) is 4.97. The van der Waals surface area contributed by atoms with Crippen molar-refractivity contribution < 1.29 is 4.79 Å². The van der Waals surface area contributed by atoms with E-state index in [1.807, 2.05) is 18.2 Å². The molecule has 2 heterocycles. The third-order valence-electron chi connectivity index (χ3n) is 4.44. The highest BCUT2D eigenvalue weighted by Crippen LogP contribution is 2.38. The zero-order valence-corrected chi connectivity index (χ0v) is 13.8. The van der Waals surface area contributed by atoms with Crippen molar-refractivity contribution in [3.05, 3.63) is 24.4 Å². The van der Waals surface area contributed by atoms with Gasteiger partial charge in [0.2, 0.25) is 11.0 Å². The maximum Gasteiger partial charge on any atom is 0.226 e. The maximum absolute atomic E-state index is 12.3. The topological polar surface area (TPSA) is 93.8 Å². The summed E-state index contributed by atoms with van der Waals surface area (Å²) in [5, 5.41) is 12.2. The highest BCUT2D eigenvalue weighted by molar-refractivity contribution is 7.18. The van der Waals surface area contributed by atoms with E-state index in [0.29, 0.717) is 23.1 Å². The van der Waals surface area contributed by atoms with Gasteiger partial charge < -0.3 is 11.1 Å². The molecule has 1 saturated carbocycles. The summed E-state index contributed by atoms with van der Waals surface area (Å²) in [6, 6.07) is 5.62. The number of amides is 1. The molecule has 1 amide bonds. The zero-order valence-electron chi connectivity index (χ0n) is 13.0. The molecule has 0 unspecified atom stereocenters. The number of nitrogens with two attached hydrogens (primary N) is 1. The first kappa shape index (κ1) is 16.0. The molecule has 1 fully saturated rings. The molecule has 3 rings (SSSR count). The van der Waals surface area contributed by atoms with Gasteiger partial charge in [-0.15, -0.1) is 10.2 Å². The van der Waals surface area contributed by atoms with Gasteiger partial charge in [-0.25, -0.2) is 0 Å². The maximum atomic E-state index is 12.3. The van der Waals surface area contributed by atoms with Crippen LogP contribution in [-0.2, 0) is 4.79 Å². The number of carbonyl (C=O) groups is 1. The van der Waals surface area contributed by atoms with Crippen molar-refractivity contribution >= 4 is 22.4 Å². The molecule has 0 saturated heterocycles. The van der Waals surface area contributed by atoms with Gasteiger partial charge in [-0.1, -0.05) is 36.7 Å². The standard InChI is InChI=1S/C16H21N5OS/c17-11-16(7-3-1-4-8-16)10-13(22)19-15-21-20-14(23-15)12-6-2-5-9-18-12/h2,5-6,9H,1,3-4,7-8,10-11,17H2,(H,19,21,22). The van der Waals surface area contributed by atoms with Crippen LogP contribution in [0.1, 0.15) is 38.5 Å². The molecule has 0 aliphatic heterocycles. The Balaban J connectivity index is 1.63. The first-order valence-corrected chi connectivity index (χ1v) is 8.77. The molecule has 0 aromatic carbocycles. The summed E-state index contributed by atoms with van der Waals surface area (Å²) in [4.78, 5) is 16.6. The van der Waals surface area contributed by atoms with E-state index in [1.54, 1.807) is 6.20 Å². The SMILES string of the molecule is NCC1(CC(=O)Nc2nnc(-c3ccccn3)s2)CCCCC1. The number of carbonyl (C=O) groups excluding carboxylic acids is 1. The second kappa shape index (κ2) is 7.14. The van der Waals surface area contributed by atoms with Crippen molar-refractivity contribution in [2.24, 2.45) is 11.1 Å². The van der Waals surface area contributed by atoms with Crippen LogP contribution in [0.2, 0.25) is 0 Å². The van der Waals surface area contributed by atoms with E-state index in [-0.39, 0.29) is 11.3 Å². The molecule has 0 radical (unpaired) electrons. The number of nitrogens with one attached hydrogen (secondary N) is 1. The van der Waals surface area contributed by atoms with Crippen molar-refractivity contribution in [2.75, 3.05) is 11.9 Å². The summed E-state index contributed by atoms with van der Waals surface area (Å²) in [5.74, 6) is -0.0268. The molecule has 7 heteroatoms. The summed E-state index contributed by atoms with van der Waals surface area (Å²) < 4.78 is 0. The molecule has 2 aromatic heterocycles. The molecular formula is C16H21N5OS. The van der Waals surface area contributed by atoms with Crippen LogP contribution in [0.25, 0.3) is 10.7 Å². The molecule has 3 N–H and O–H groups in total. The van der Waals surface area contributed by atoms with E-state index in [1.165, 1.54) is 17.8 Å². The van der Waals surface area contributed by atoms with Gasteiger partial charge in [0.25, 0.3) is 0 Å². The van der Waals surface area contributed by atoms with Crippen LogP contribution >= 0.6 is 11.3 Å². The van der Waals surface area contributed by atoms with Gasteiger partial charge in [0.1, 0.15) is 5.69 Å². The number of rotatable bonds is 5. The normalized spacial score (nSPS) is 16.9. The van der Waals surface area contributed by atoms with Gasteiger partial charge in [0.15, 0.2) is 5.01 Å². The van der Waals surface area contributed by atoms with Crippen LogP contribution < -0.4 is 11.1 Å². The second-order valence-corrected chi connectivity index (χ2v) is 7.09. The lowest BCUT2D eigenvalue weighted by Crippen LogP contribution is -2.36. The monoisotopic (exact) mass is 331 g/mol. The van der Waals surface area contributed by atoms with Crippen molar-refractivity contribution in [1.82, 2.24) is 15.2 Å². The van der Waals surface area contributed by atoms with Crippen molar-refractivity contribution in [3.8, 4) is 10.7 Å². The zero-order chi connectivity index (χ0) is 16.1. The Hall–Kier alpha value is -1.86. The number of pyridine rings is 1. The Morgan fingerprint density at radius 2 is 2.09 bits per heavy atom. The summed E-state index contributed by atoms with van der Waals surface area (Å²) in [7, 11) is 0. The summed E-state index contributed by atoms with van der Waals surface area (Å²) in [5.41, 5.74) is 6.66. The largest absolute Gasteiger partial charge is 0.330 e. The molecule has 0 atom stereocenters. The third kappa shape index (κ3) is 3.92. The summed E-state index contributed by atoms with van der Waals surface area (Å²) >= 11 is 1.33. The van der Waals surface area contributed by atoms with Gasteiger partial charge >= 0.3 is 0 Å². The summed E-state index contributed by atoms with van der Waals surface area (Å²) in [6.07, 6.45) is 7.80. The lowest BCUT2D eigenvalue weighted by Gasteiger charge is -2.35. The van der Waals surface area contributed by atoms with E-state index in [4.69, 9.17) is 5.73 Å². The van der Waals surface area contributed by atoms with Crippen LogP contribution in [0.4, 0.5) is 5.13 Å². The number of aromatic nitrogens is 3. The van der Waals surface area contributed by atoms with Gasteiger partial charge in [-0.3, -0.25) is 9.78 Å². The molecule has 0 bridgehead atoms. The predicted octanol–water partition coefficient (Wildman–Crippen LogP) is 2.84. The van der Waals surface area contributed by atoms with Crippen LogP contribution in [0.5, 0.6) is 0 Å². The Bertz CT molecular complexity index is 652. The van der Waals surface area contributed by atoms with E-state index < -0.39 is 0 Å². The molecule has 6 nitrogen and oxygen atoms in total. The van der Waals surface area contributed by atoms with Crippen molar-refractivity contribution in [2.45, 2.75) is 38.5 Å². The predicted molar refractivity (Wildman–Crippen MR) is 91.0 cm³/mol. The fourth-order valence-electron chi connectivity index (χ4n) is 3.13. The van der Waals surface area contributed by atoms with Crippen molar-refractivity contribution in [3.63, 3.8) is 0 Å². The minimum Gasteiger partial charge on any atom is -0.330 e. The summed E-state index contributed by atoms with van der Waals surface area (Å²) in [6.45, 7) is 0.565. The Morgan fingerprint density at radius 3 is 2.78 bits per heavy atom. The lowest BCUT2D eigenvalue weighted by molar-refractivity contribution is -0.118. The highest BCUT2D eigenvalue weighted by Gasteiger charge is 2.33. The average molecular weight is 331 g/mol. The molecule has 122 valence electrons. The minimum absolute atomic E-state index is 0.0268. The lowest BCUT2D eigenvalue weighted by atomic mass is 9.72. The molecule has 2 aromatic rings. The second-order valence-electron chi connectivity index (χ2n) is 6.12. The number of nitrogens with zero attached hydrogens (tertiary/aromatic N) is 3. The van der Waals surface area contributed by atoms with Crippen LogP contribution in [0.15, 0.2) is 24.4 Å². The Labute approximate surface area is 139 Å². The first-order chi connectivity index (χ1) is 11.2. The van der Waals surface area contributed by atoms with E-state index in [9.17, 15) is 4.79 Å². The third-order valence-corrected chi connectivity index (χ3v) is 5.30. The molecule has 1 aliphatic carbocycles. The smallest absolute Gasteiger partial charge is 0.226 e. The number of anilines is 1. The number of hydrogen-bond donors (Lipinski definition) is 2. The Morgan fingerprint density at radius 1 is 1.26 bits per heavy atom. The quantitative estimate of drug-likeness (QED) is 0.878. The first-order valence-electron chi connectivity index (χ1n) is 7.96. The fourth-order valence-corrected chi connectivity index (χ4v) is 3.86.